The fraction of sp³-hybridized carbons (Fsp3) is 0. The molecule has 0 saturated carbocycles. The minimum absolute atomic E-state index is 0.527. The smallest absolute Gasteiger partial charge is 0.240 e. The first kappa shape index (κ1) is 87.2. The lowest BCUT2D eigenvalue weighted by Gasteiger charge is -2.12. The predicted octanol–water partition coefficient (Wildman–Crippen LogP) is 32.6. The third-order valence-corrected chi connectivity index (χ3v) is 28.6. The van der Waals surface area contributed by atoms with Crippen LogP contribution in [0.4, 0.5) is 0 Å². The number of para-hydroxylation sites is 9. The summed E-state index contributed by atoms with van der Waals surface area (Å²) < 4.78 is 13.4. The second-order valence-electron chi connectivity index (χ2n) is 37.5. The molecule has 0 aliphatic heterocycles. The Balaban J connectivity index is 0.000000108. The predicted molar refractivity (Wildman–Crippen MR) is 612 cm³/mol. The van der Waals surface area contributed by atoms with E-state index in [4.69, 9.17) is 49.8 Å². The lowest BCUT2D eigenvalue weighted by atomic mass is 10.0. The van der Waals surface area contributed by atoms with E-state index >= 15 is 0 Å². The fourth-order valence-electron chi connectivity index (χ4n) is 21.6. The second kappa shape index (κ2) is 37.0. The molecule has 12 heterocycles. The Morgan fingerprint density at radius 1 is 0.133 bits per heavy atom. The Labute approximate surface area is 860 Å². The molecule has 0 unspecified atom stereocenters. The lowest BCUT2D eigenvalue weighted by molar-refractivity contribution is 0.944. The van der Waals surface area contributed by atoms with Gasteiger partial charge in [-0.3, -0.25) is 13.7 Å². The summed E-state index contributed by atoms with van der Waals surface area (Å²) in [7, 11) is 0. The summed E-state index contributed by atoms with van der Waals surface area (Å²) in [6.07, 6.45) is 5.94. The number of fused-ring (bicyclic) bond motifs is 18. The molecule has 0 N–H and O–H groups in total. The van der Waals surface area contributed by atoms with Crippen molar-refractivity contribution < 1.29 is 0 Å². The molecular formula is C134H86N16. The van der Waals surface area contributed by atoms with E-state index in [1.807, 2.05) is 158 Å². The van der Waals surface area contributed by atoms with Gasteiger partial charge in [-0.25, -0.2) is 39.9 Å². The van der Waals surface area contributed by atoms with Gasteiger partial charge >= 0.3 is 0 Å². The molecule has 150 heavy (non-hydrogen) atoms. The lowest BCUT2D eigenvalue weighted by Crippen LogP contribution is -2.07. The van der Waals surface area contributed by atoms with Gasteiger partial charge in [0.2, 0.25) is 11.9 Å². The Kier molecular flexibility index (Phi) is 21.5. The third-order valence-electron chi connectivity index (χ3n) is 28.6. The first-order valence-electron chi connectivity index (χ1n) is 50.2. The summed E-state index contributed by atoms with van der Waals surface area (Å²) in [5, 5.41) is 13.8. The maximum Gasteiger partial charge on any atom is 0.240 e. The van der Waals surface area contributed by atoms with Crippen LogP contribution >= 0.6 is 0 Å². The van der Waals surface area contributed by atoms with E-state index in [-0.39, 0.29) is 0 Å². The van der Waals surface area contributed by atoms with Gasteiger partial charge in [0, 0.05) is 156 Å². The molecule has 0 radical (unpaired) electrons. The number of nitrogens with zero attached hydrogens (tertiary/aromatic N) is 16. The third kappa shape index (κ3) is 15.4. The molecule has 0 spiro atoms. The van der Waals surface area contributed by atoms with Crippen molar-refractivity contribution in [1.82, 2.24) is 77.2 Å². The molecule has 30 aromatic rings. The fourth-order valence-corrected chi connectivity index (χ4v) is 21.6. The number of pyridine rings is 3. The van der Waals surface area contributed by atoms with Gasteiger partial charge < -0.3 is 13.7 Å². The highest BCUT2D eigenvalue weighted by atomic mass is 15.2. The van der Waals surface area contributed by atoms with Crippen molar-refractivity contribution in [2.75, 3.05) is 0 Å². The average Bonchev–Trinajstić information content (AvgIpc) is 1.59. The van der Waals surface area contributed by atoms with Crippen LogP contribution < -0.4 is 0 Å². The zero-order chi connectivity index (χ0) is 99.1. The van der Waals surface area contributed by atoms with Crippen molar-refractivity contribution >= 4 is 131 Å². The topological polar surface area (TPSA) is 158 Å². The van der Waals surface area contributed by atoms with Gasteiger partial charge in [-0.1, -0.05) is 364 Å². The number of rotatable bonds is 15. The van der Waals surface area contributed by atoms with Gasteiger partial charge in [-0.05, 0) is 150 Å². The number of benzene rings is 18. The summed E-state index contributed by atoms with van der Waals surface area (Å²) in [5.74, 6) is 3.79. The Bertz CT molecular complexity index is 9330. The molecule has 12 aromatic heterocycles. The number of hydrogen-bond acceptors (Lipinski definition) is 10. The summed E-state index contributed by atoms with van der Waals surface area (Å²) >= 11 is 0. The largest absolute Gasteiger partial charge is 0.309 e. The van der Waals surface area contributed by atoms with E-state index in [1.54, 1.807) is 0 Å². The number of aromatic nitrogens is 16. The van der Waals surface area contributed by atoms with Crippen molar-refractivity contribution in [3.8, 4) is 136 Å². The Morgan fingerprint density at radius 2 is 0.367 bits per heavy atom. The van der Waals surface area contributed by atoms with Crippen molar-refractivity contribution in [2.45, 2.75) is 0 Å². The van der Waals surface area contributed by atoms with Gasteiger partial charge in [0.25, 0.3) is 0 Å². The molecule has 0 aliphatic carbocycles. The summed E-state index contributed by atoms with van der Waals surface area (Å²) in [6.45, 7) is 0. The maximum atomic E-state index is 5.17. The maximum absolute atomic E-state index is 5.17. The highest BCUT2D eigenvalue weighted by molar-refractivity contribution is 6.16. The minimum atomic E-state index is 0.527. The van der Waals surface area contributed by atoms with Gasteiger partial charge in [-0.2, -0.15) is 9.97 Å². The second-order valence-corrected chi connectivity index (χ2v) is 37.5. The molecule has 0 amide bonds. The quantitative estimate of drug-likeness (QED) is 0.0967. The van der Waals surface area contributed by atoms with E-state index in [0.29, 0.717) is 29.4 Å². The Morgan fingerprint density at radius 3 is 0.687 bits per heavy atom. The zero-order valence-electron chi connectivity index (χ0n) is 80.8. The van der Waals surface area contributed by atoms with E-state index in [9.17, 15) is 0 Å². The van der Waals surface area contributed by atoms with Crippen LogP contribution in [0.15, 0.2) is 522 Å². The van der Waals surface area contributed by atoms with Crippen molar-refractivity contribution in [1.29, 1.82) is 0 Å². The van der Waals surface area contributed by atoms with Gasteiger partial charge in [-0.15, -0.1) is 0 Å². The van der Waals surface area contributed by atoms with Gasteiger partial charge in [0.1, 0.15) is 22.8 Å². The van der Waals surface area contributed by atoms with Gasteiger partial charge in [0.15, 0.2) is 17.5 Å². The van der Waals surface area contributed by atoms with Crippen molar-refractivity contribution in [3.05, 3.63) is 522 Å². The molecule has 0 atom stereocenters. The van der Waals surface area contributed by atoms with Crippen molar-refractivity contribution in [2.24, 2.45) is 0 Å². The summed E-state index contributed by atoms with van der Waals surface area (Å²) in [5.41, 5.74) is 31.1. The van der Waals surface area contributed by atoms with E-state index < -0.39 is 0 Å². The molecular weight excluding hydrogens is 1830 g/mol. The van der Waals surface area contributed by atoms with Crippen LogP contribution in [0.2, 0.25) is 0 Å². The molecule has 702 valence electrons. The molecule has 16 nitrogen and oxygen atoms in total. The molecule has 0 aliphatic rings. The first-order chi connectivity index (χ1) is 74.4. The summed E-state index contributed by atoms with van der Waals surface area (Å²) in [4.78, 5) is 50.9. The zero-order valence-corrected chi connectivity index (χ0v) is 80.8. The highest BCUT2D eigenvalue weighted by Crippen LogP contribution is 2.45. The molecule has 0 saturated heterocycles. The van der Waals surface area contributed by atoms with Crippen LogP contribution in [-0.2, 0) is 0 Å². The minimum Gasteiger partial charge on any atom is -0.309 e. The number of hydrogen-bond donors (Lipinski definition) is 0. The van der Waals surface area contributed by atoms with Crippen LogP contribution in [0.25, 0.3) is 267 Å². The normalized spacial score (nSPS) is 11.6. The Hall–Kier alpha value is -20.6. The van der Waals surface area contributed by atoms with E-state index in [0.717, 1.165) is 173 Å². The highest BCUT2D eigenvalue weighted by Gasteiger charge is 2.27. The van der Waals surface area contributed by atoms with Gasteiger partial charge in [0.05, 0.1) is 66.7 Å². The molecule has 0 fully saturated rings. The van der Waals surface area contributed by atoms with E-state index in [1.165, 1.54) is 65.4 Å². The average molecular weight is 1920 g/mol. The molecule has 16 heteroatoms. The van der Waals surface area contributed by atoms with Crippen LogP contribution in [0.5, 0.6) is 0 Å². The van der Waals surface area contributed by atoms with Crippen LogP contribution in [0, 0.1) is 0 Å². The van der Waals surface area contributed by atoms with Crippen LogP contribution in [0.3, 0.4) is 0 Å². The van der Waals surface area contributed by atoms with E-state index in [2.05, 4.69) is 391 Å². The van der Waals surface area contributed by atoms with Crippen LogP contribution in [0.1, 0.15) is 0 Å². The standard InChI is InChI=1S/2C45H29N5.C44H28N6/c1-4-14-30(15-5-1)39-28-40(31-16-6-2-7-17-31)48-45(47-39)50-42-23-13-11-21-36(42)38-27-33(29-46-44(38)50)32-24-25-43-37(26-32)35-20-10-12-22-41(35)49(43)34-18-8-3-9-19-34;1-4-14-30(15-5-1)39-28-43(48-44(47-39)31-16-6-2-7-17-31)50-41-23-13-11-21-36(41)38-27-33(29-46-45(38)50)32-24-25-42-37(26-32)35-20-10-12-22-40(35)49(42)34-18-8-3-9-19-34;1-4-14-29(15-5-1)41-46-42(30-16-6-2-7-17-30)48-44(47-41)50-39-23-13-11-21-35(39)37-27-32(28-45-43(37)50)31-24-25-40-36(26-31)34-20-10-12-22-38(34)49(40)33-18-8-3-9-19-33/h2*1-29H;1-28H. The summed E-state index contributed by atoms with van der Waals surface area (Å²) in [6, 6.07) is 175. The molecule has 0 bridgehead atoms. The monoisotopic (exact) mass is 1920 g/mol. The molecule has 18 aromatic carbocycles. The first-order valence-corrected chi connectivity index (χ1v) is 50.2. The van der Waals surface area contributed by atoms with Crippen LogP contribution in [-0.4, -0.2) is 77.2 Å². The van der Waals surface area contributed by atoms with Crippen molar-refractivity contribution in [3.63, 3.8) is 0 Å². The molecule has 30 rings (SSSR count). The SMILES string of the molecule is c1ccc(-c2cc(-c3ccccc3)nc(-n3c4ccccc4c4cc(-c5ccc6c(c5)c5ccccc5n6-c5ccccc5)cnc43)n2)cc1.c1ccc(-c2cc(-n3c4ccccc4c4cc(-c5ccc6c(c5)c5ccccc5n6-c5ccccc5)cnc43)nc(-c3ccccc3)n2)cc1.c1ccc(-c2nc(-c3ccccc3)nc(-n3c4ccccc4c4cc(-c5ccc6c(c5)c5ccccc5n6-c5ccccc5)cnc43)n2)cc1.